The number of rotatable bonds is 5. The normalized spacial score (nSPS) is 10.8. The second-order valence-electron chi connectivity index (χ2n) is 4.91. The van der Waals surface area contributed by atoms with Crippen LogP contribution in [-0.4, -0.2) is 40.8 Å². The molecule has 9 heteroatoms. The number of hydrogen-bond donors (Lipinski definition) is 1. The number of halogens is 1. The molecule has 0 amide bonds. The lowest BCUT2D eigenvalue weighted by Gasteiger charge is -2.16. The predicted molar refractivity (Wildman–Crippen MR) is 92.6 cm³/mol. The molecule has 24 heavy (non-hydrogen) atoms. The first kappa shape index (κ1) is 16.3. The molecule has 0 fully saturated rings. The summed E-state index contributed by atoms with van der Waals surface area (Å²) in [5.41, 5.74) is 7.90. The number of anilines is 1. The number of benzene rings is 1. The van der Waals surface area contributed by atoms with E-state index in [0.717, 1.165) is 5.56 Å². The number of ether oxygens (including phenoxy) is 3. The van der Waals surface area contributed by atoms with Gasteiger partial charge >= 0.3 is 0 Å². The maximum atomic E-state index is 5.73. The first-order valence-corrected chi connectivity index (χ1v) is 7.80. The Morgan fingerprint density at radius 1 is 1.08 bits per heavy atom. The number of nitrogens with two attached hydrogens (primary N) is 1. The zero-order valence-electron chi connectivity index (χ0n) is 13.4. The van der Waals surface area contributed by atoms with Crippen LogP contribution in [0.1, 0.15) is 5.56 Å². The molecule has 0 saturated heterocycles. The van der Waals surface area contributed by atoms with Gasteiger partial charge in [-0.25, -0.2) is 9.97 Å². The van der Waals surface area contributed by atoms with Crippen LogP contribution in [0.25, 0.3) is 11.2 Å². The van der Waals surface area contributed by atoms with E-state index in [1.807, 2.05) is 16.7 Å². The minimum absolute atomic E-state index is 0.176. The van der Waals surface area contributed by atoms with E-state index in [1.165, 1.54) is 0 Å². The second-order valence-corrected chi connectivity index (χ2v) is 5.66. The van der Waals surface area contributed by atoms with Gasteiger partial charge in [-0.3, -0.25) is 0 Å². The minimum Gasteiger partial charge on any atom is -0.493 e. The van der Waals surface area contributed by atoms with Crippen LogP contribution in [-0.2, 0) is 6.54 Å². The van der Waals surface area contributed by atoms with Crippen LogP contribution in [0.5, 0.6) is 17.2 Å². The zero-order valence-corrected chi connectivity index (χ0v) is 15.0. The average Bonchev–Trinajstić information content (AvgIpc) is 2.97. The van der Waals surface area contributed by atoms with Gasteiger partial charge in [0.25, 0.3) is 0 Å². The molecule has 3 aromatic rings. The smallest absolute Gasteiger partial charge is 0.223 e. The summed E-state index contributed by atoms with van der Waals surface area (Å²) in [6.07, 6.45) is 1.68. The summed E-state index contributed by atoms with van der Waals surface area (Å²) in [5.74, 6) is 1.91. The molecule has 0 aliphatic heterocycles. The fourth-order valence-electron chi connectivity index (χ4n) is 2.51. The van der Waals surface area contributed by atoms with E-state index in [9.17, 15) is 0 Å². The van der Waals surface area contributed by atoms with E-state index in [0.29, 0.717) is 39.6 Å². The van der Waals surface area contributed by atoms with Crippen LogP contribution < -0.4 is 19.9 Å². The molecule has 2 heterocycles. The van der Waals surface area contributed by atoms with Gasteiger partial charge in [0.05, 0.1) is 34.2 Å². The second kappa shape index (κ2) is 6.52. The molecule has 3 rings (SSSR count). The van der Waals surface area contributed by atoms with Crippen LogP contribution in [0, 0.1) is 0 Å². The van der Waals surface area contributed by atoms with Gasteiger partial charge in [-0.15, -0.1) is 0 Å². The minimum atomic E-state index is 0.176. The highest BCUT2D eigenvalue weighted by Gasteiger charge is 2.18. The maximum Gasteiger partial charge on any atom is 0.223 e. The summed E-state index contributed by atoms with van der Waals surface area (Å²) in [4.78, 5) is 12.6. The van der Waals surface area contributed by atoms with Crippen molar-refractivity contribution in [3.63, 3.8) is 0 Å². The Morgan fingerprint density at radius 3 is 2.50 bits per heavy atom. The topological polar surface area (TPSA) is 97.3 Å². The molecule has 8 nitrogen and oxygen atoms in total. The fraction of sp³-hybridized carbons (Fsp3) is 0.267. The lowest BCUT2D eigenvalue weighted by molar-refractivity contribution is 0.322. The van der Waals surface area contributed by atoms with Crippen LogP contribution in [0.4, 0.5) is 5.95 Å². The lowest BCUT2D eigenvalue weighted by Crippen LogP contribution is -2.05. The van der Waals surface area contributed by atoms with Gasteiger partial charge in [0.1, 0.15) is 10.1 Å². The zero-order chi connectivity index (χ0) is 17.3. The highest BCUT2D eigenvalue weighted by Crippen LogP contribution is 2.40. The van der Waals surface area contributed by atoms with Crippen molar-refractivity contribution >= 4 is 33.0 Å². The SMILES string of the molecule is COc1ccc(Cn2cnc3c(Br)nc(N)nc32)c(OC)c1OC. The Labute approximate surface area is 146 Å². The van der Waals surface area contributed by atoms with E-state index in [2.05, 4.69) is 30.9 Å². The Bertz CT molecular complexity index is 896. The summed E-state index contributed by atoms with van der Waals surface area (Å²) in [5, 5.41) is 0. The van der Waals surface area contributed by atoms with E-state index in [1.54, 1.807) is 27.7 Å². The van der Waals surface area contributed by atoms with E-state index < -0.39 is 0 Å². The summed E-state index contributed by atoms with van der Waals surface area (Å²) in [6, 6.07) is 3.74. The number of fused-ring (bicyclic) bond motifs is 1. The molecular formula is C15H16BrN5O3. The summed E-state index contributed by atoms with van der Waals surface area (Å²) in [6.45, 7) is 0.475. The van der Waals surface area contributed by atoms with Crippen molar-refractivity contribution in [1.29, 1.82) is 0 Å². The molecule has 0 aliphatic carbocycles. The Kier molecular flexibility index (Phi) is 4.43. The molecule has 0 bridgehead atoms. The predicted octanol–water partition coefficient (Wildman–Crippen LogP) is 2.25. The van der Waals surface area contributed by atoms with Crippen molar-refractivity contribution in [2.75, 3.05) is 27.1 Å². The molecule has 0 spiro atoms. The van der Waals surface area contributed by atoms with E-state index in [4.69, 9.17) is 19.9 Å². The molecule has 0 saturated carbocycles. The third kappa shape index (κ3) is 2.71. The van der Waals surface area contributed by atoms with Gasteiger partial charge in [-0.1, -0.05) is 0 Å². The molecule has 0 aliphatic rings. The van der Waals surface area contributed by atoms with Crippen molar-refractivity contribution in [3.05, 3.63) is 28.6 Å². The van der Waals surface area contributed by atoms with Gasteiger partial charge in [0, 0.05) is 5.56 Å². The molecule has 126 valence electrons. The average molecular weight is 394 g/mol. The van der Waals surface area contributed by atoms with Crippen molar-refractivity contribution in [2.45, 2.75) is 6.54 Å². The first-order chi connectivity index (χ1) is 11.6. The van der Waals surface area contributed by atoms with Gasteiger partial charge in [-0.05, 0) is 28.1 Å². The van der Waals surface area contributed by atoms with Crippen LogP contribution in [0.3, 0.4) is 0 Å². The third-order valence-corrected chi connectivity index (χ3v) is 4.12. The number of methoxy groups -OCH3 is 3. The summed E-state index contributed by atoms with van der Waals surface area (Å²) in [7, 11) is 4.74. The van der Waals surface area contributed by atoms with Gasteiger partial charge < -0.3 is 24.5 Å². The molecule has 0 atom stereocenters. The van der Waals surface area contributed by atoms with Gasteiger partial charge in [-0.2, -0.15) is 4.98 Å². The van der Waals surface area contributed by atoms with Crippen LogP contribution in [0.2, 0.25) is 0 Å². The Morgan fingerprint density at radius 2 is 1.83 bits per heavy atom. The number of nitrogen functional groups attached to an aromatic ring is 1. The van der Waals surface area contributed by atoms with Crippen molar-refractivity contribution in [2.24, 2.45) is 0 Å². The highest BCUT2D eigenvalue weighted by atomic mass is 79.9. The fourth-order valence-corrected chi connectivity index (χ4v) is 2.97. The van der Waals surface area contributed by atoms with Crippen molar-refractivity contribution < 1.29 is 14.2 Å². The van der Waals surface area contributed by atoms with Crippen molar-refractivity contribution in [3.8, 4) is 17.2 Å². The number of imidazole rings is 1. The van der Waals surface area contributed by atoms with Crippen molar-refractivity contribution in [1.82, 2.24) is 19.5 Å². The number of hydrogen-bond acceptors (Lipinski definition) is 7. The Hall–Kier alpha value is -2.55. The molecule has 0 radical (unpaired) electrons. The quantitative estimate of drug-likeness (QED) is 0.663. The number of nitrogens with zero attached hydrogens (tertiary/aromatic N) is 4. The standard InChI is InChI=1S/C15H16BrN5O3/c1-22-9-5-4-8(11(23-2)12(9)24-3)6-21-7-18-10-13(16)19-15(17)20-14(10)21/h4-5,7H,6H2,1-3H3,(H2,17,19,20). The first-order valence-electron chi connectivity index (χ1n) is 7.00. The third-order valence-electron chi connectivity index (χ3n) is 3.57. The monoisotopic (exact) mass is 393 g/mol. The Balaban J connectivity index is 2.09. The van der Waals surface area contributed by atoms with E-state index >= 15 is 0 Å². The van der Waals surface area contributed by atoms with Gasteiger partial charge in [0.15, 0.2) is 17.1 Å². The lowest BCUT2D eigenvalue weighted by atomic mass is 10.1. The highest BCUT2D eigenvalue weighted by molar-refractivity contribution is 9.10. The molecule has 0 unspecified atom stereocenters. The molecule has 1 aromatic carbocycles. The molecular weight excluding hydrogens is 378 g/mol. The molecule has 2 aromatic heterocycles. The summed E-state index contributed by atoms with van der Waals surface area (Å²) >= 11 is 3.35. The summed E-state index contributed by atoms with van der Waals surface area (Å²) < 4.78 is 18.7. The van der Waals surface area contributed by atoms with Crippen LogP contribution in [0.15, 0.2) is 23.1 Å². The number of aromatic nitrogens is 4. The van der Waals surface area contributed by atoms with E-state index in [-0.39, 0.29) is 5.95 Å². The van der Waals surface area contributed by atoms with Crippen LogP contribution >= 0.6 is 15.9 Å². The van der Waals surface area contributed by atoms with Gasteiger partial charge in [0.2, 0.25) is 11.7 Å². The largest absolute Gasteiger partial charge is 0.493 e. The molecule has 2 N–H and O–H groups in total. The maximum absolute atomic E-state index is 5.73.